The van der Waals surface area contributed by atoms with Crippen LogP contribution in [0.15, 0.2) is 30.6 Å². The molecule has 0 aliphatic carbocycles. The lowest BCUT2D eigenvalue weighted by atomic mass is 10.5. The summed E-state index contributed by atoms with van der Waals surface area (Å²) < 4.78 is 3.19. The summed E-state index contributed by atoms with van der Waals surface area (Å²) >= 11 is 8.53. The van der Waals surface area contributed by atoms with Crippen LogP contribution in [-0.2, 0) is 3.84 Å². The first-order valence-corrected chi connectivity index (χ1v) is 2.78. The zero-order valence-corrected chi connectivity index (χ0v) is 7.51. The third-order valence-electron chi connectivity index (χ3n) is 0.566. The van der Waals surface area contributed by atoms with Gasteiger partial charge in [-0.25, -0.2) is 0 Å². The average molecular weight is 200 g/mol. The van der Waals surface area contributed by atoms with E-state index in [1.807, 2.05) is 18.2 Å². The second kappa shape index (κ2) is 11.8. The normalized spacial score (nSPS) is 6.60. The molecule has 1 aromatic heterocycles. The van der Waals surface area contributed by atoms with E-state index in [-0.39, 0.29) is 13.5 Å². The molecule has 1 aromatic rings. The minimum Gasteiger partial charge on any atom is -0.265 e. The van der Waals surface area contributed by atoms with Gasteiger partial charge in [-0.1, -0.05) is 6.07 Å². The zero-order chi connectivity index (χ0) is 6.95. The summed E-state index contributed by atoms with van der Waals surface area (Å²) in [5.41, 5.74) is 0. The highest BCUT2D eigenvalue weighted by Crippen LogP contribution is 1.78. The van der Waals surface area contributed by atoms with Crippen molar-refractivity contribution in [2.75, 3.05) is 0 Å². The zero-order valence-electron chi connectivity index (χ0n) is 5.00. The van der Waals surface area contributed by atoms with Crippen molar-refractivity contribution in [3.8, 4) is 0 Å². The van der Waals surface area contributed by atoms with Gasteiger partial charge in [-0.05, 0) is 12.1 Å². The molecule has 0 aromatic carbocycles. The Morgan fingerprint density at radius 1 is 1.00 bits per heavy atom. The first kappa shape index (κ1) is 12.7. The quantitative estimate of drug-likeness (QED) is 0.641. The largest absolute Gasteiger partial charge is 0.265 e. The lowest BCUT2D eigenvalue weighted by Gasteiger charge is -1.70. The van der Waals surface area contributed by atoms with Crippen LogP contribution < -0.4 is 0 Å². The van der Waals surface area contributed by atoms with Crippen LogP contribution in [0.2, 0.25) is 0 Å². The molecule has 2 nitrogen and oxygen atoms in total. The van der Waals surface area contributed by atoms with E-state index in [4.69, 9.17) is 0 Å². The van der Waals surface area contributed by atoms with Crippen LogP contribution in [0.4, 0.5) is 0 Å². The molecule has 10 heavy (non-hydrogen) atoms. The smallest absolute Gasteiger partial charge is 0.0832 e. The van der Waals surface area contributed by atoms with Gasteiger partial charge in [0.2, 0.25) is 0 Å². The van der Waals surface area contributed by atoms with Gasteiger partial charge in [-0.15, -0.1) is 0 Å². The Bertz CT molecular complexity index is 103. The molecule has 0 bridgehead atoms. The van der Waals surface area contributed by atoms with Crippen LogP contribution in [0.1, 0.15) is 0 Å². The third-order valence-corrected chi connectivity index (χ3v) is 0.566. The molecule has 0 saturated carbocycles. The molecule has 0 radical (unpaired) electrons. The monoisotopic (exact) mass is 199 g/mol. The predicted octanol–water partition coefficient (Wildman–Crippen LogP) is 2.51. The highest BCUT2D eigenvalue weighted by molar-refractivity contribution is 7.59. The first-order valence-electron chi connectivity index (χ1n) is 2.16. The molecule has 5 heteroatoms. The van der Waals surface area contributed by atoms with Gasteiger partial charge in [0.1, 0.15) is 0 Å². The van der Waals surface area contributed by atoms with Gasteiger partial charge < -0.3 is 0 Å². The molecule has 1 heterocycles. The summed E-state index contributed by atoms with van der Waals surface area (Å²) in [5, 5.41) is 0. The number of hydrogen-bond acceptors (Lipinski definition) is 2. The highest BCUT2D eigenvalue weighted by Gasteiger charge is 1.58. The van der Waals surface area contributed by atoms with Crippen molar-refractivity contribution in [3.63, 3.8) is 0 Å². The predicted molar refractivity (Wildman–Crippen MR) is 47.4 cm³/mol. The Labute approximate surface area is 76.9 Å². The average Bonchev–Trinajstić information content (AvgIpc) is 1.93. The van der Waals surface area contributed by atoms with Crippen LogP contribution in [0, 0.1) is 0 Å². The van der Waals surface area contributed by atoms with E-state index in [0.717, 1.165) is 0 Å². The van der Waals surface area contributed by atoms with Crippen molar-refractivity contribution in [2.45, 2.75) is 0 Å². The molecular weight excluding hydrogens is 193 g/mol. The van der Waals surface area contributed by atoms with E-state index in [1.165, 1.54) is 0 Å². The fourth-order valence-corrected chi connectivity index (χ4v) is 0.313. The number of nitrogens with zero attached hydrogens (tertiary/aromatic N) is 1. The first-order chi connectivity index (χ1) is 4.41. The maximum atomic E-state index is 4.26. The van der Waals surface area contributed by atoms with Gasteiger partial charge in [-0.2, -0.15) is 17.3 Å². The molecule has 0 aliphatic heterocycles. The van der Waals surface area contributed by atoms with Crippen molar-refractivity contribution >= 4 is 37.2 Å². The summed E-state index contributed by atoms with van der Waals surface area (Å²) in [6, 6.07) is 5.72. The van der Waals surface area contributed by atoms with Gasteiger partial charge in [-0.3, -0.25) is 4.98 Å². The van der Waals surface area contributed by atoms with E-state index in [9.17, 15) is 0 Å². The van der Waals surface area contributed by atoms with E-state index < -0.39 is 0 Å². The van der Waals surface area contributed by atoms with Crippen molar-refractivity contribution in [2.24, 2.45) is 0 Å². The van der Waals surface area contributed by atoms with Crippen LogP contribution >= 0.6 is 37.2 Å². The molecule has 0 amide bonds. The van der Waals surface area contributed by atoms with Crippen LogP contribution in [-0.4, -0.2) is 4.98 Å². The number of hydrogen-bond donors (Lipinski definition) is 0. The fourth-order valence-electron chi connectivity index (χ4n) is 0.313. The van der Waals surface area contributed by atoms with Crippen LogP contribution in [0.5, 0.6) is 0 Å². The van der Waals surface area contributed by atoms with Crippen molar-refractivity contribution in [3.05, 3.63) is 30.6 Å². The standard InChI is InChI=1S/C5H5N.Cl2O.H2S/c1-2-4-6-5-3-1;1-3-2;/h1-5H;;1H2. The summed E-state index contributed by atoms with van der Waals surface area (Å²) in [4.78, 5) is 3.78. The number of rotatable bonds is 0. The number of pyridine rings is 1. The summed E-state index contributed by atoms with van der Waals surface area (Å²) in [5.74, 6) is 0. The summed E-state index contributed by atoms with van der Waals surface area (Å²) in [6.07, 6.45) is 3.50. The Hall–Kier alpha value is 0.0400. The molecule has 0 N–H and O–H groups in total. The molecule has 1 rings (SSSR count). The summed E-state index contributed by atoms with van der Waals surface area (Å²) in [6.45, 7) is 0. The van der Waals surface area contributed by atoms with Crippen molar-refractivity contribution < 1.29 is 3.84 Å². The van der Waals surface area contributed by atoms with Gasteiger partial charge in [0.05, 0.1) is 23.7 Å². The second-order valence-electron chi connectivity index (χ2n) is 1.08. The number of aromatic nitrogens is 1. The Kier molecular flexibility index (Phi) is 15.0. The minimum atomic E-state index is 0. The molecule has 0 saturated heterocycles. The lowest BCUT2D eigenvalue weighted by Crippen LogP contribution is -1.58. The lowest BCUT2D eigenvalue weighted by molar-refractivity contribution is 0.697. The molecule has 58 valence electrons. The Morgan fingerprint density at radius 2 is 1.40 bits per heavy atom. The Morgan fingerprint density at radius 3 is 1.50 bits per heavy atom. The molecule has 0 unspecified atom stereocenters. The Balaban J connectivity index is 0. The fraction of sp³-hybridized carbons (Fsp3) is 0. The summed E-state index contributed by atoms with van der Waals surface area (Å²) in [7, 11) is 0. The van der Waals surface area contributed by atoms with Gasteiger partial charge >= 0.3 is 0 Å². The number of halogens is 2. The molecule has 0 atom stereocenters. The molecule has 0 spiro atoms. The third kappa shape index (κ3) is 10.9. The van der Waals surface area contributed by atoms with Gasteiger partial charge in [0.25, 0.3) is 0 Å². The van der Waals surface area contributed by atoms with Crippen molar-refractivity contribution in [1.29, 1.82) is 0 Å². The maximum Gasteiger partial charge on any atom is 0.0832 e. The highest BCUT2D eigenvalue weighted by atomic mass is 35.6. The molecule has 0 fully saturated rings. The van der Waals surface area contributed by atoms with Gasteiger partial charge in [0.15, 0.2) is 0 Å². The van der Waals surface area contributed by atoms with Crippen molar-refractivity contribution in [1.82, 2.24) is 4.98 Å². The van der Waals surface area contributed by atoms with E-state index >= 15 is 0 Å². The molecule has 0 aliphatic rings. The second-order valence-corrected chi connectivity index (χ2v) is 1.55. The minimum absolute atomic E-state index is 0. The SMILES string of the molecule is ClOCl.S.c1ccncc1. The van der Waals surface area contributed by atoms with Crippen LogP contribution in [0.25, 0.3) is 0 Å². The van der Waals surface area contributed by atoms with E-state index in [2.05, 4.69) is 32.6 Å². The van der Waals surface area contributed by atoms with Crippen LogP contribution in [0.3, 0.4) is 0 Å². The maximum absolute atomic E-state index is 4.26. The van der Waals surface area contributed by atoms with Gasteiger partial charge in [0, 0.05) is 12.4 Å². The van der Waals surface area contributed by atoms with E-state index in [1.54, 1.807) is 12.4 Å². The van der Waals surface area contributed by atoms with E-state index in [0.29, 0.717) is 0 Å². The topological polar surface area (TPSA) is 22.1 Å². The molecular formula is C5H7Cl2NOS.